The lowest BCUT2D eigenvalue weighted by atomic mass is 10.0. The molecule has 0 aliphatic rings. The second kappa shape index (κ2) is 17.6. The summed E-state index contributed by atoms with van der Waals surface area (Å²) in [6.45, 7) is 7.23. The fourth-order valence-corrected chi connectivity index (χ4v) is 3.94. The molecule has 0 bridgehead atoms. The Hall–Kier alpha value is -3.90. The SMILES string of the molecule is CCOC(=O)CN(CC(=O)OCC)Cc1ccnc(-c2ccccn2)c1CN(CC(=O)OCC)CC(=O)OCC. The molecule has 218 valence electrons. The third kappa shape index (κ3) is 11.1. The van der Waals surface area contributed by atoms with E-state index in [9.17, 15) is 19.2 Å². The predicted octanol–water partition coefficient (Wildman–Crippen LogP) is 2.00. The molecule has 2 aromatic rings. The minimum Gasteiger partial charge on any atom is -0.465 e. The number of hydrogen-bond acceptors (Lipinski definition) is 12. The maximum atomic E-state index is 12.4. The number of nitrogens with zero attached hydrogens (tertiary/aromatic N) is 4. The molecule has 12 nitrogen and oxygen atoms in total. The zero-order valence-electron chi connectivity index (χ0n) is 23.6. The molecule has 0 aliphatic heterocycles. The van der Waals surface area contributed by atoms with E-state index in [4.69, 9.17) is 18.9 Å². The van der Waals surface area contributed by atoms with Crippen LogP contribution in [0, 0.1) is 0 Å². The van der Waals surface area contributed by atoms with Gasteiger partial charge in [0.15, 0.2) is 0 Å². The summed E-state index contributed by atoms with van der Waals surface area (Å²) in [6.07, 6.45) is 3.24. The highest BCUT2D eigenvalue weighted by atomic mass is 16.5. The average Bonchev–Trinajstić information content (AvgIpc) is 2.90. The van der Waals surface area contributed by atoms with E-state index in [1.165, 1.54) is 0 Å². The van der Waals surface area contributed by atoms with E-state index >= 15 is 0 Å². The Balaban J connectivity index is 2.53. The summed E-state index contributed by atoms with van der Waals surface area (Å²) in [5.41, 5.74) is 2.48. The van der Waals surface area contributed by atoms with Crippen LogP contribution in [0.5, 0.6) is 0 Å². The van der Waals surface area contributed by atoms with Gasteiger partial charge in [0.05, 0.1) is 64.0 Å². The lowest BCUT2D eigenvalue weighted by Crippen LogP contribution is -2.38. The first-order chi connectivity index (χ1) is 19.3. The number of esters is 4. The van der Waals surface area contributed by atoms with E-state index in [0.29, 0.717) is 22.5 Å². The van der Waals surface area contributed by atoms with Crippen LogP contribution in [0.4, 0.5) is 0 Å². The van der Waals surface area contributed by atoms with Crippen molar-refractivity contribution in [1.29, 1.82) is 0 Å². The summed E-state index contributed by atoms with van der Waals surface area (Å²) in [5.74, 6) is -1.97. The van der Waals surface area contributed by atoms with E-state index in [2.05, 4.69) is 9.97 Å². The van der Waals surface area contributed by atoms with Gasteiger partial charge in [-0.15, -0.1) is 0 Å². The summed E-state index contributed by atoms with van der Waals surface area (Å²) in [6, 6.07) is 7.16. The number of pyridine rings is 2. The largest absolute Gasteiger partial charge is 0.465 e. The number of carbonyl (C=O) groups excluding carboxylic acids is 4. The fraction of sp³-hybridized carbons (Fsp3) is 0.500. The van der Waals surface area contributed by atoms with Crippen LogP contribution in [-0.2, 0) is 51.2 Å². The molecule has 0 amide bonds. The van der Waals surface area contributed by atoms with Crippen molar-refractivity contribution < 1.29 is 38.1 Å². The Bertz CT molecular complexity index is 1070. The van der Waals surface area contributed by atoms with Crippen molar-refractivity contribution in [2.75, 3.05) is 52.6 Å². The van der Waals surface area contributed by atoms with Crippen LogP contribution in [0.3, 0.4) is 0 Å². The maximum Gasteiger partial charge on any atom is 0.320 e. The molecule has 0 atom stereocenters. The molecular weight excluding hydrogens is 520 g/mol. The Morgan fingerprint density at radius 3 is 1.52 bits per heavy atom. The molecule has 40 heavy (non-hydrogen) atoms. The molecule has 0 fully saturated rings. The number of carbonyl (C=O) groups is 4. The first kappa shape index (κ1) is 32.3. The normalized spacial score (nSPS) is 10.8. The quantitative estimate of drug-likeness (QED) is 0.207. The second-order valence-electron chi connectivity index (χ2n) is 8.52. The van der Waals surface area contributed by atoms with Gasteiger partial charge in [0.25, 0.3) is 0 Å². The monoisotopic (exact) mass is 558 g/mol. The Kier molecular flexibility index (Phi) is 14.3. The number of hydrogen-bond donors (Lipinski definition) is 0. The summed E-state index contributed by atoms with van der Waals surface area (Å²) >= 11 is 0. The van der Waals surface area contributed by atoms with Gasteiger partial charge in [0, 0.05) is 25.5 Å². The van der Waals surface area contributed by atoms with Gasteiger partial charge < -0.3 is 18.9 Å². The third-order valence-electron chi connectivity index (χ3n) is 5.47. The molecule has 0 aliphatic carbocycles. The van der Waals surface area contributed by atoms with E-state index in [-0.39, 0.29) is 65.7 Å². The van der Waals surface area contributed by atoms with Crippen LogP contribution in [0.25, 0.3) is 11.4 Å². The average molecular weight is 559 g/mol. The zero-order chi connectivity index (χ0) is 29.3. The smallest absolute Gasteiger partial charge is 0.320 e. The van der Waals surface area contributed by atoms with Crippen molar-refractivity contribution in [3.05, 3.63) is 47.8 Å². The van der Waals surface area contributed by atoms with Gasteiger partial charge in [-0.25, -0.2) is 0 Å². The van der Waals surface area contributed by atoms with Crippen LogP contribution < -0.4 is 0 Å². The van der Waals surface area contributed by atoms with Gasteiger partial charge in [-0.05, 0) is 57.0 Å². The lowest BCUT2D eigenvalue weighted by Gasteiger charge is -2.26. The second-order valence-corrected chi connectivity index (χ2v) is 8.52. The number of aromatic nitrogens is 2. The number of rotatable bonds is 17. The predicted molar refractivity (Wildman–Crippen MR) is 145 cm³/mol. The van der Waals surface area contributed by atoms with Gasteiger partial charge in [0.2, 0.25) is 0 Å². The highest BCUT2D eigenvalue weighted by molar-refractivity contribution is 5.76. The Morgan fingerprint density at radius 1 is 0.625 bits per heavy atom. The standard InChI is InChI=1S/C28H38N4O8/c1-5-37-24(33)17-31(18-25(34)38-6-2)15-21-12-14-30-28(23-11-9-10-13-29-23)22(21)16-32(19-26(35)39-7-3)20-27(36)40-8-4/h9-14H,5-8,15-20H2,1-4H3. The summed E-state index contributed by atoms with van der Waals surface area (Å²) in [4.78, 5) is 61.7. The molecule has 0 spiro atoms. The Labute approximate surface area is 234 Å². The van der Waals surface area contributed by atoms with Crippen LogP contribution in [0.15, 0.2) is 36.7 Å². The molecule has 0 saturated carbocycles. The van der Waals surface area contributed by atoms with Gasteiger partial charge >= 0.3 is 23.9 Å². The van der Waals surface area contributed by atoms with Gasteiger partial charge in [-0.1, -0.05) is 6.07 Å². The zero-order valence-corrected chi connectivity index (χ0v) is 23.6. The van der Waals surface area contributed by atoms with Gasteiger partial charge in [-0.3, -0.25) is 38.9 Å². The van der Waals surface area contributed by atoms with Crippen molar-refractivity contribution in [1.82, 2.24) is 19.8 Å². The molecule has 0 radical (unpaired) electrons. The molecule has 2 rings (SSSR count). The lowest BCUT2D eigenvalue weighted by molar-refractivity contribution is -0.150. The van der Waals surface area contributed by atoms with E-state index in [1.807, 2.05) is 6.07 Å². The summed E-state index contributed by atoms with van der Waals surface area (Å²) in [7, 11) is 0. The minimum atomic E-state index is -0.497. The van der Waals surface area contributed by atoms with Crippen LogP contribution >= 0.6 is 0 Å². The minimum absolute atomic E-state index is 0.110. The molecule has 12 heteroatoms. The first-order valence-electron chi connectivity index (χ1n) is 13.3. The molecule has 0 saturated heterocycles. The highest BCUT2D eigenvalue weighted by Gasteiger charge is 2.24. The molecular formula is C28H38N4O8. The fourth-order valence-electron chi connectivity index (χ4n) is 3.94. The van der Waals surface area contributed by atoms with Crippen molar-refractivity contribution in [2.45, 2.75) is 40.8 Å². The molecule has 2 heterocycles. The van der Waals surface area contributed by atoms with Crippen molar-refractivity contribution >= 4 is 23.9 Å². The van der Waals surface area contributed by atoms with Gasteiger partial charge in [-0.2, -0.15) is 0 Å². The molecule has 2 aromatic heterocycles. The summed E-state index contributed by atoms with van der Waals surface area (Å²) in [5, 5.41) is 0. The van der Waals surface area contributed by atoms with Crippen LogP contribution in [0.1, 0.15) is 38.8 Å². The van der Waals surface area contributed by atoms with E-state index < -0.39 is 23.9 Å². The van der Waals surface area contributed by atoms with Crippen molar-refractivity contribution in [3.63, 3.8) is 0 Å². The maximum absolute atomic E-state index is 12.4. The van der Waals surface area contributed by atoms with E-state index in [1.54, 1.807) is 68.1 Å². The van der Waals surface area contributed by atoms with Crippen molar-refractivity contribution in [2.24, 2.45) is 0 Å². The third-order valence-corrected chi connectivity index (χ3v) is 5.47. The van der Waals surface area contributed by atoms with Crippen LogP contribution in [0.2, 0.25) is 0 Å². The number of ether oxygens (including phenoxy) is 4. The topological polar surface area (TPSA) is 137 Å². The molecule has 0 unspecified atom stereocenters. The highest BCUT2D eigenvalue weighted by Crippen LogP contribution is 2.25. The van der Waals surface area contributed by atoms with Crippen LogP contribution in [-0.4, -0.2) is 96.3 Å². The van der Waals surface area contributed by atoms with Crippen molar-refractivity contribution in [3.8, 4) is 11.4 Å². The van der Waals surface area contributed by atoms with Gasteiger partial charge in [0.1, 0.15) is 0 Å². The Morgan fingerprint density at radius 2 is 1.10 bits per heavy atom. The molecule has 0 N–H and O–H groups in total. The molecule has 0 aromatic carbocycles. The first-order valence-corrected chi connectivity index (χ1v) is 13.3. The van der Waals surface area contributed by atoms with E-state index in [0.717, 1.165) is 0 Å². The summed E-state index contributed by atoms with van der Waals surface area (Å²) < 4.78 is 20.5.